The number of anilines is 3. The standard InChI is InChI=1S/C43H33NS/c1-2-9-29(10-3-1)30-18-21-32(22-19-30)44(33-23-24-35-34-11-5-7-16-40(34)45-41(35)26-33)39-15-8-14-38-42(39)36-12-4-6-13-37(36)43(38)27-28-17-20-31(43)25-28/h1-16,18-19,21-24,26,28,31H,17,20,25,27H2. The highest BCUT2D eigenvalue weighted by Gasteiger charge is 2.57. The van der Waals surface area contributed by atoms with Gasteiger partial charge in [0.1, 0.15) is 0 Å². The summed E-state index contributed by atoms with van der Waals surface area (Å²) in [5.41, 5.74) is 12.3. The van der Waals surface area contributed by atoms with Gasteiger partial charge in [0.2, 0.25) is 0 Å². The van der Waals surface area contributed by atoms with Gasteiger partial charge in [-0.2, -0.15) is 0 Å². The third-order valence-electron chi connectivity index (χ3n) is 11.1. The summed E-state index contributed by atoms with van der Waals surface area (Å²) in [6, 6.07) is 52.3. The lowest BCUT2D eigenvalue weighted by molar-refractivity contribution is 0.327. The van der Waals surface area contributed by atoms with Gasteiger partial charge in [-0.15, -0.1) is 11.3 Å². The molecule has 3 aliphatic carbocycles. The van der Waals surface area contributed by atoms with Crippen molar-refractivity contribution in [3.63, 3.8) is 0 Å². The summed E-state index contributed by atoms with van der Waals surface area (Å²) in [7, 11) is 0. The van der Waals surface area contributed by atoms with E-state index in [4.69, 9.17) is 0 Å². The van der Waals surface area contributed by atoms with Gasteiger partial charge in [0.05, 0.1) is 5.69 Å². The topological polar surface area (TPSA) is 3.24 Å². The maximum Gasteiger partial charge on any atom is 0.0543 e. The number of nitrogens with zero attached hydrogens (tertiary/aromatic N) is 1. The molecule has 1 heterocycles. The first kappa shape index (κ1) is 25.6. The van der Waals surface area contributed by atoms with Crippen molar-refractivity contribution >= 4 is 48.6 Å². The predicted molar refractivity (Wildman–Crippen MR) is 191 cm³/mol. The van der Waals surface area contributed by atoms with Crippen molar-refractivity contribution in [3.8, 4) is 22.3 Å². The quantitative estimate of drug-likeness (QED) is 0.196. The molecule has 2 fully saturated rings. The zero-order valence-electron chi connectivity index (χ0n) is 25.1. The molecule has 1 nitrogen and oxygen atoms in total. The summed E-state index contributed by atoms with van der Waals surface area (Å²) < 4.78 is 2.67. The fourth-order valence-corrected chi connectivity index (χ4v) is 10.5. The van der Waals surface area contributed by atoms with Gasteiger partial charge in [-0.25, -0.2) is 0 Å². The molecule has 6 aromatic carbocycles. The van der Waals surface area contributed by atoms with Crippen LogP contribution in [-0.4, -0.2) is 0 Å². The van der Waals surface area contributed by atoms with Gasteiger partial charge >= 0.3 is 0 Å². The van der Waals surface area contributed by atoms with Gasteiger partial charge in [0.25, 0.3) is 0 Å². The largest absolute Gasteiger partial charge is 0.310 e. The van der Waals surface area contributed by atoms with Crippen LogP contribution in [0.15, 0.2) is 140 Å². The Morgan fingerprint density at radius 1 is 0.578 bits per heavy atom. The molecule has 3 atom stereocenters. The smallest absolute Gasteiger partial charge is 0.0543 e. The van der Waals surface area contributed by atoms with Crippen LogP contribution in [0.1, 0.15) is 36.8 Å². The van der Waals surface area contributed by atoms with Gasteiger partial charge in [-0.3, -0.25) is 0 Å². The van der Waals surface area contributed by atoms with E-state index in [1.807, 2.05) is 11.3 Å². The van der Waals surface area contributed by atoms with E-state index >= 15 is 0 Å². The molecular weight excluding hydrogens is 563 g/mol. The Labute approximate surface area is 268 Å². The van der Waals surface area contributed by atoms with Gasteiger partial charge in [-0.1, -0.05) is 110 Å². The molecule has 1 aromatic heterocycles. The number of fused-ring (bicyclic) bond motifs is 11. The maximum atomic E-state index is 2.53. The minimum Gasteiger partial charge on any atom is -0.310 e. The van der Waals surface area contributed by atoms with Crippen molar-refractivity contribution in [1.82, 2.24) is 0 Å². The van der Waals surface area contributed by atoms with Crippen molar-refractivity contribution in [1.29, 1.82) is 0 Å². The van der Waals surface area contributed by atoms with E-state index in [-0.39, 0.29) is 5.41 Å². The van der Waals surface area contributed by atoms with E-state index in [1.165, 1.54) is 85.2 Å². The molecule has 3 unspecified atom stereocenters. The number of rotatable bonds is 4. The number of hydrogen-bond donors (Lipinski definition) is 0. The zero-order valence-corrected chi connectivity index (χ0v) is 25.9. The molecule has 3 aliphatic rings. The van der Waals surface area contributed by atoms with Gasteiger partial charge in [0.15, 0.2) is 0 Å². The van der Waals surface area contributed by atoms with Crippen LogP contribution in [0.2, 0.25) is 0 Å². The highest BCUT2D eigenvalue weighted by atomic mass is 32.1. The molecule has 0 radical (unpaired) electrons. The van der Waals surface area contributed by atoms with Crippen molar-refractivity contribution in [2.75, 3.05) is 4.90 Å². The van der Waals surface area contributed by atoms with Crippen LogP contribution in [0.3, 0.4) is 0 Å². The highest BCUT2D eigenvalue weighted by Crippen LogP contribution is 2.67. The van der Waals surface area contributed by atoms with Crippen molar-refractivity contribution < 1.29 is 0 Å². The Hall–Kier alpha value is -4.66. The lowest BCUT2D eigenvalue weighted by atomic mass is 9.67. The SMILES string of the molecule is c1ccc(-c2ccc(N(c3ccc4c(c3)sc3ccccc34)c3cccc4c3-c3ccccc3C43CC4CCC3C4)cc2)cc1. The van der Waals surface area contributed by atoms with E-state index < -0.39 is 0 Å². The van der Waals surface area contributed by atoms with Crippen LogP contribution >= 0.6 is 11.3 Å². The second-order valence-corrected chi connectivity index (χ2v) is 14.4. The number of benzene rings is 6. The molecule has 0 saturated heterocycles. The molecule has 216 valence electrons. The monoisotopic (exact) mass is 595 g/mol. The molecule has 10 rings (SSSR count). The molecule has 45 heavy (non-hydrogen) atoms. The van der Waals surface area contributed by atoms with Gasteiger partial charge < -0.3 is 4.90 Å². The second-order valence-electron chi connectivity index (χ2n) is 13.3. The Balaban J connectivity index is 1.21. The number of thiophene rings is 1. The average molecular weight is 596 g/mol. The van der Waals surface area contributed by atoms with Crippen LogP contribution in [0, 0.1) is 11.8 Å². The summed E-state index contributed by atoms with van der Waals surface area (Å²) in [4.78, 5) is 2.53. The Kier molecular flexibility index (Phi) is 5.51. The Bertz CT molecular complexity index is 2240. The molecule has 7 aromatic rings. The average Bonchev–Trinajstić information content (AvgIpc) is 3.87. The second kappa shape index (κ2) is 9.67. The minimum absolute atomic E-state index is 0.156. The van der Waals surface area contributed by atoms with Crippen LogP contribution < -0.4 is 4.90 Å². The Morgan fingerprint density at radius 2 is 1.31 bits per heavy atom. The molecule has 2 saturated carbocycles. The first-order valence-corrected chi connectivity index (χ1v) is 17.2. The molecule has 0 amide bonds. The third kappa shape index (κ3) is 3.66. The van der Waals surface area contributed by atoms with Crippen LogP contribution in [0.5, 0.6) is 0 Å². The normalized spacial score (nSPS) is 21.1. The van der Waals surface area contributed by atoms with E-state index in [0.717, 1.165) is 11.8 Å². The zero-order chi connectivity index (χ0) is 29.5. The fraction of sp³-hybridized carbons (Fsp3) is 0.163. The van der Waals surface area contributed by atoms with E-state index in [1.54, 1.807) is 11.1 Å². The summed E-state index contributed by atoms with van der Waals surface area (Å²) in [5, 5.41) is 2.68. The summed E-state index contributed by atoms with van der Waals surface area (Å²) >= 11 is 1.89. The van der Waals surface area contributed by atoms with Crippen molar-refractivity contribution in [3.05, 3.63) is 151 Å². The summed E-state index contributed by atoms with van der Waals surface area (Å²) in [5.74, 6) is 1.60. The lowest BCUT2D eigenvalue weighted by Gasteiger charge is -2.37. The first-order chi connectivity index (χ1) is 22.3. The van der Waals surface area contributed by atoms with Crippen molar-refractivity contribution in [2.45, 2.75) is 31.1 Å². The highest BCUT2D eigenvalue weighted by molar-refractivity contribution is 7.25. The Morgan fingerprint density at radius 3 is 2.16 bits per heavy atom. The van der Waals surface area contributed by atoms with Crippen molar-refractivity contribution in [2.24, 2.45) is 11.8 Å². The molecule has 0 N–H and O–H groups in total. The summed E-state index contributed by atoms with van der Waals surface area (Å²) in [6.45, 7) is 0. The van der Waals surface area contributed by atoms with Gasteiger partial charge in [0, 0.05) is 42.5 Å². The van der Waals surface area contributed by atoms with E-state index in [2.05, 4.69) is 144 Å². The first-order valence-electron chi connectivity index (χ1n) is 16.4. The van der Waals surface area contributed by atoms with E-state index in [9.17, 15) is 0 Å². The maximum absolute atomic E-state index is 2.53. The predicted octanol–water partition coefficient (Wildman–Crippen LogP) is 12.3. The number of hydrogen-bond acceptors (Lipinski definition) is 2. The molecule has 2 bridgehead atoms. The van der Waals surface area contributed by atoms with E-state index in [0.29, 0.717) is 0 Å². The molecule has 1 spiro atoms. The van der Waals surface area contributed by atoms with Crippen LogP contribution in [0.4, 0.5) is 17.1 Å². The summed E-state index contributed by atoms with van der Waals surface area (Å²) in [6.07, 6.45) is 5.44. The van der Waals surface area contributed by atoms with Crippen LogP contribution in [-0.2, 0) is 5.41 Å². The molecule has 2 heteroatoms. The molecule has 0 aliphatic heterocycles. The van der Waals surface area contributed by atoms with Crippen LogP contribution in [0.25, 0.3) is 42.4 Å². The minimum atomic E-state index is 0.156. The fourth-order valence-electron chi connectivity index (χ4n) is 9.32. The lowest BCUT2D eigenvalue weighted by Crippen LogP contribution is -2.31. The third-order valence-corrected chi connectivity index (χ3v) is 12.3. The molecular formula is C43H33NS. The van der Waals surface area contributed by atoms with Gasteiger partial charge in [-0.05, 0) is 95.3 Å².